The molecule has 1 amide bonds. The molecule has 4 aromatic rings. The molecule has 1 unspecified atom stereocenters. The first-order valence-electron chi connectivity index (χ1n) is 9.46. The fraction of sp³-hybridized carbons (Fsp3) is 0.261. The van der Waals surface area contributed by atoms with Crippen LogP contribution >= 0.6 is 0 Å². The highest BCUT2D eigenvalue weighted by Crippen LogP contribution is 2.24. The van der Waals surface area contributed by atoms with Crippen LogP contribution in [-0.2, 0) is 13.5 Å². The SMILES string of the molecule is Cc1ccc2[nH]c(C(=O)NC(C)Cc3cn(C)c4ccc(F)cc34)c(C)c2c1. The van der Waals surface area contributed by atoms with Gasteiger partial charge in [-0.05, 0) is 68.7 Å². The number of nitrogens with one attached hydrogen (secondary N) is 2. The number of hydrogen-bond donors (Lipinski definition) is 2. The number of halogens is 1. The zero-order valence-corrected chi connectivity index (χ0v) is 16.6. The van der Waals surface area contributed by atoms with Gasteiger partial charge < -0.3 is 14.9 Å². The van der Waals surface area contributed by atoms with Gasteiger partial charge in [0.1, 0.15) is 11.5 Å². The molecule has 28 heavy (non-hydrogen) atoms. The Morgan fingerprint density at radius 1 is 1.18 bits per heavy atom. The fourth-order valence-corrected chi connectivity index (χ4v) is 3.95. The Hall–Kier alpha value is -3.08. The van der Waals surface area contributed by atoms with E-state index in [9.17, 15) is 9.18 Å². The molecule has 4 rings (SSSR count). The van der Waals surface area contributed by atoms with E-state index in [0.717, 1.165) is 38.5 Å². The Morgan fingerprint density at radius 2 is 1.96 bits per heavy atom. The van der Waals surface area contributed by atoms with Crippen molar-refractivity contribution in [3.63, 3.8) is 0 Å². The van der Waals surface area contributed by atoms with Gasteiger partial charge in [0.25, 0.3) is 5.91 Å². The minimum atomic E-state index is -0.249. The smallest absolute Gasteiger partial charge is 0.268 e. The van der Waals surface area contributed by atoms with E-state index in [4.69, 9.17) is 0 Å². The summed E-state index contributed by atoms with van der Waals surface area (Å²) >= 11 is 0. The molecule has 0 aliphatic heterocycles. The van der Waals surface area contributed by atoms with Crippen LogP contribution in [0.2, 0.25) is 0 Å². The minimum absolute atomic E-state index is 0.0890. The lowest BCUT2D eigenvalue weighted by molar-refractivity contribution is 0.0935. The summed E-state index contributed by atoms with van der Waals surface area (Å²) in [4.78, 5) is 16.1. The van der Waals surface area contributed by atoms with Crippen LogP contribution in [0.4, 0.5) is 4.39 Å². The molecule has 144 valence electrons. The lowest BCUT2D eigenvalue weighted by Crippen LogP contribution is -2.34. The van der Waals surface area contributed by atoms with Crippen LogP contribution in [0.15, 0.2) is 42.6 Å². The standard InChI is InChI=1S/C23H24FN3O/c1-13-5-7-20-18(9-13)15(3)22(26-20)23(28)25-14(2)10-16-12-27(4)21-8-6-17(24)11-19(16)21/h5-9,11-12,14,26H,10H2,1-4H3,(H,25,28). The van der Waals surface area contributed by atoms with E-state index in [1.165, 1.54) is 6.07 Å². The summed E-state index contributed by atoms with van der Waals surface area (Å²) in [6.45, 7) is 5.98. The van der Waals surface area contributed by atoms with Crippen LogP contribution in [0.3, 0.4) is 0 Å². The number of H-pyrrole nitrogens is 1. The Bertz CT molecular complexity index is 1200. The number of hydrogen-bond acceptors (Lipinski definition) is 1. The van der Waals surface area contributed by atoms with Gasteiger partial charge in [-0.1, -0.05) is 11.6 Å². The maximum atomic E-state index is 13.7. The molecule has 0 saturated heterocycles. The van der Waals surface area contributed by atoms with Gasteiger partial charge in [0.2, 0.25) is 0 Å². The maximum absolute atomic E-state index is 13.7. The predicted molar refractivity (Wildman–Crippen MR) is 111 cm³/mol. The summed E-state index contributed by atoms with van der Waals surface area (Å²) in [7, 11) is 1.95. The topological polar surface area (TPSA) is 49.8 Å². The third kappa shape index (κ3) is 3.17. The molecule has 0 spiro atoms. The number of benzene rings is 2. The molecular formula is C23H24FN3O. The molecule has 0 radical (unpaired) electrons. The van der Waals surface area contributed by atoms with Crippen LogP contribution in [0, 0.1) is 19.7 Å². The number of aryl methyl sites for hydroxylation is 3. The Labute approximate surface area is 163 Å². The highest BCUT2D eigenvalue weighted by molar-refractivity contribution is 6.01. The monoisotopic (exact) mass is 377 g/mol. The van der Waals surface area contributed by atoms with Gasteiger partial charge in [-0.3, -0.25) is 4.79 Å². The summed E-state index contributed by atoms with van der Waals surface area (Å²) in [5.74, 6) is -0.370. The largest absolute Gasteiger partial charge is 0.350 e. The van der Waals surface area contributed by atoms with E-state index in [2.05, 4.69) is 16.4 Å². The van der Waals surface area contributed by atoms with E-state index >= 15 is 0 Å². The van der Waals surface area contributed by atoms with E-state index in [1.807, 2.05) is 50.7 Å². The van der Waals surface area contributed by atoms with E-state index < -0.39 is 0 Å². The highest BCUT2D eigenvalue weighted by Gasteiger charge is 2.18. The predicted octanol–water partition coefficient (Wildman–Crippen LogP) is 4.78. The summed E-state index contributed by atoms with van der Waals surface area (Å²) < 4.78 is 15.7. The second-order valence-corrected chi connectivity index (χ2v) is 7.68. The number of rotatable bonds is 4. The van der Waals surface area contributed by atoms with Crippen molar-refractivity contribution in [3.8, 4) is 0 Å². The van der Waals surface area contributed by atoms with Gasteiger partial charge in [-0.15, -0.1) is 0 Å². The molecule has 2 N–H and O–H groups in total. The number of carbonyl (C=O) groups excluding carboxylic acids is 1. The van der Waals surface area contributed by atoms with Crippen molar-refractivity contribution in [1.29, 1.82) is 0 Å². The fourth-order valence-electron chi connectivity index (χ4n) is 3.95. The Morgan fingerprint density at radius 3 is 2.75 bits per heavy atom. The molecule has 2 heterocycles. The van der Waals surface area contributed by atoms with Crippen molar-refractivity contribution < 1.29 is 9.18 Å². The number of aromatic nitrogens is 2. The van der Waals surface area contributed by atoms with Crippen LogP contribution in [0.5, 0.6) is 0 Å². The first-order valence-corrected chi connectivity index (χ1v) is 9.46. The first-order chi connectivity index (χ1) is 13.3. The first kappa shape index (κ1) is 18.3. The second-order valence-electron chi connectivity index (χ2n) is 7.68. The van der Waals surface area contributed by atoms with Gasteiger partial charge in [-0.25, -0.2) is 4.39 Å². The van der Waals surface area contributed by atoms with Crippen molar-refractivity contribution >= 4 is 27.7 Å². The van der Waals surface area contributed by atoms with Crippen LogP contribution < -0.4 is 5.32 Å². The zero-order valence-electron chi connectivity index (χ0n) is 16.6. The molecule has 2 aromatic heterocycles. The molecule has 5 heteroatoms. The summed E-state index contributed by atoms with van der Waals surface area (Å²) in [5.41, 5.74) is 5.68. The lowest BCUT2D eigenvalue weighted by atomic mass is 10.1. The molecule has 0 saturated carbocycles. The normalized spacial score (nSPS) is 12.6. The van der Waals surface area contributed by atoms with Crippen LogP contribution in [0.1, 0.15) is 34.1 Å². The summed E-state index contributed by atoms with van der Waals surface area (Å²) in [5, 5.41) is 5.04. The zero-order chi connectivity index (χ0) is 20.0. The molecule has 0 aliphatic carbocycles. The number of nitrogens with zero attached hydrogens (tertiary/aromatic N) is 1. The highest BCUT2D eigenvalue weighted by atomic mass is 19.1. The molecule has 0 aliphatic rings. The van der Waals surface area contributed by atoms with Gasteiger partial charge >= 0.3 is 0 Å². The van der Waals surface area contributed by atoms with Crippen molar-refractivity contribution in [2.24, 2.45) is 7.05 Å². The molecule has 0 bridgehead atoms. The van der Waals surface area contributed by atoms with Crippen molar-refractivity contribution in [2.45, 2.75) is 33.2 Å². The number of fused-ring (bicyclic) bond motifs is 2. The van der Waals surface area contributed by atoms with Crippen molar-refractivity contribution in [1.82, 2.24) is 14.9 Å². The lowest BCUT2D eigenvalue weighted by Gasteiger charge is -2.13. The van der Waals surface area contributed by atoms with E-state index in [-0.39, 0.29) is 17.8 Å². The number of carbonyl (C=O) groups is 1. The summed E-state index contributed by atoms with van der Waals surface area (Å²) in [6, 6.07) is 10.8. The van der Waals surface area contributed by atoms with Gasteiger partial charge in [0.15, 0.2) is 0 Å². The summed E-state index contributed by atoms with van der Waals surface area (Å²) in [6.07, 6.45) is 2.63. The van der Waals surface area contributed by atoms with Crippen LogP contribution in [0.25, 0.3) is 21.8 Å². The van der Waals surface area contributed by atoms with Crippen molar-refractivity contribution in [3.05, 3.63) is 70.8 Å². The van der Waals surface area contributed by atoms with Gasteiger partial charge in [0, 0.05) is 41.1 Å². The van der Waals surface area contributed by atoms with Gasteiger partial charge in [0.05, 0.1) is 0 Å². The van der Waals surface area contributed by atoms with Crippen LogP contribution in [-0.4, -0.2) is 21.5 Å². The minimum Gasteiger partial charge on any atom is -0.350 e. The maximum Gasteiger partial charge on any atom is 0.268 e. The number of aromatic amines is 1. The third-order valence-corrected chi connectivity index (χ3v) is 5.38. The van der Waals surface area contributed by atoms with E-state index in [1.54, 1.807) is 12.1 Å². The van der Waals surface area contributed by atoms with E-state index in [0.29, 0.717) is 12.1 Å². The Kier molecular flexibility index (Phi) is 4.46. The molecule has 1 atom stereocenters. The molecule has 4 nitrogen and oxygen atoms in total. The van der Waals surface area contributed by atoms with Gasteiger partial charge in [-0.2, -0.15) is 0 Å². The second kappa shape index (κ2) is 6.82. The average molecular weight is 377 g/mol. The molecule has 2 aromatic carbocycles. The number of amides is 1. The third-order valence-electron chi connectivity index (χ3n) is 5.38. The van der Waals surface area contributed by atoms with Crippen molar-refractivity contribution in [2.75, 3.05) is 0 Å². The quantitative estimate of drug-likeness (QED) is 0.528. The molecular weight excluding hydrogens is 353 g/mol. The molecule has 0 fully saturated rings. The Balaban J connectivity index is 1.56. The average Bonchev–Trinajstić information content (AvgIpc) is 3.12.